The normalized spacial score (nSPS) is 15.2. The molecule has 0 unspecified atom stereocenters. The number of amides is 2. The maximum absolute atomic E-state index is 12.5. The molecule has 0 atom stereocenters. The molecule has 1 aromatic rings. The van der Waals surface area contributed by atoms with Crippen LogP contribution in [0.2, 0.25) is 0 Å². The van der Waals surface area contributed by atoms with Crippen LogP contribution in [-0.4, -0.2) is 72.7 Å². The number of carbonyl (C=O) groups excluding carboxylic acids is 2. The van der Waals surface area contributed by atoms with Gasteiger partial charge in [-0.1, -0.05) is 19.0 Å². The summed E-state index contributed by atoms with van der Waals surface area (Å²) in [5, 5.41) is 6.43. The van der Waals surface area contributed by atoms with E-state index in [0.29, 0.717) is 24.5 Å². The second-order valence-electron chi connectivity index (χ2n) is 7.09. The Morgan fingerprint density at radius 2 is 2.08 bits per heavy atom. The second kappa shape index (κ2) is 10.3. The Bertz CT molecular complexity index is 582. The Morgan fingerprint density at radius 1 is 1.35 bits per heavy atom. The first-order valence-corrected chi connectivity index (χ1v) is 9.25. The number of nitrogens with zero attached hydrogens (tertiary/aromatic N) is 3. The lowest BCUT2D eigenvalue weighted by Crippen LogP contribution is -2.41. The zero-order valence-corrected chi connectivity index (χ0v) is 16.0. The van der Waals surface area contributed by atoms with Crippen LogP contribution >= 0.6 is 0 Å². The van der Waals surface area contributed by atoms with E-state index < -0.39 is 0 Å². The van der Waals surface area contributed by atoms with Gasteiger partial charge in [-0.25, -0.2) is 0 Å². The highest BCUT2D eigenvalue weighted by Crippen LogP contribution is 2.09. The summed E-state index contributed by atoms with van der Waals surface area (Å²) in [5.41, 5.74) is 0. The lowest BCUT2D eigenvalue weighted by molar-refractivity contribution is -0.135. The van der Waals surface area contributed by atoms with E-state index in [1.807, 2.05) is 13.8 Å². The van der Waals surface area contributed by atoms with Crippen molar-refractivity contribution in [2.24, 2.45) is 5.92 Å². The molecule has 8 heteroatoms. The molecule has 2 heterocycles. The van der Waals surface area contributed by atoms with E-state index >= 15 is 0 Å². The molecule has 1 fully saturated rings. The van der Waals surface area contributed by atoms with Crippen LogP contribution in [0.4, 0.5) is 5.82 Å². The number of anilines is 1. The van der Waals surface area contributed by atoms with E-state index in [9.17, 15) is 9.59 Å². The van der Waals surface area contributed by atoms with E-state index in [1.54, 1.807) is 17.9 Å². The maximum atomic E-state index is 12.5. The van der Waals surface area contributed by atoms with Crippen molar-refractivity contribution < 1.29 is 18.8 Å². The number of ether oxygens (including phenoxy) is 1. The van der Waals surface area contributed by atoms with Gasteiger partial charge in [0.05, 0.1) is 19.8 Å². The fourth-order valence-electron chi connectivity index (χ4n) is 2.86. The third kappa shape index (κ3) is 7.13. The molecule has 0 radical (unpaired) electrons. The van der Waals surface area contributed by atoms with Crippen molar-refractivity contribution >= 4 is 17.6 Å². The van der Waals surface area contributed by atoms with Gasteiger partial charge in [-0.3, -0.25) is 14.5 Å². The quantitative estimate of drug-likeness (QED) is 0.713. The molecule has 2 amide bonds. The zero-order chi connectivity index (χ0) is 18.9. The molecule has 1 saturated heterocycles. The summed E-state index contributed by atoms with van der Waals surface area (Å²) in [6, 6.07) is 1.65. The molecule has 2 rings (SSSR count). The Balaban J connectivity index is 1.85. The highest BCUT2D eigenvalue weighted by atomic mass is 16.5. The van der Waals surface area contributed by atoms with Crippen LogP contribution in [-0.2, 0) is 14.3 Å². The van der Waals surface area contributed by atoms with Crippen LogP contribution in [0.25, 0.3) is 0 Å². The van der Waals surface area contributed by atoms with E-state index in [4.69, 9.17) is 9.26 Å². The summed E-state index contributed by atoms with van der Waals surface area (Å²) < 4.78 is 10.3. The standard InChI is InChI=1S/C18H30N4O4/c1-14(2)11-18(24)22(6-4-5-21-7-9-25-10-8-21)13-17(23)19-16-12-15(3)26-20-16/h12,14H,4-11,13H2,1-3H3,(H,19,20,23). The molecule has 26 heavy (non-hydrogen) atoms. The van der Waals surface area contributed by atoms with Crippen LogP contribution in [0.5, 0.6) is 0 Å². The molecule has 0 bridgehead atoms. The molecule has 1 N–H and O–H groups in total. The molecule has 0 spiro atoms. The number of aromatic nitrogens is 1. The van der Waals surface area contributed by atoms with E-state index in [2.05, 4.69) is 15.4 Å². The Hall–Kier alpha value is -1.93. The summed E-state index contributed by atoms with van der Waals surface area (Å²) in [7, 11) is 0. The summed E-state index contributed by atoms with van der Waals surface area (Å²) >= 11 is 0. The molecule has 8 nitrogen and oxygen atoms in total. The third-order valence-electron chi connectivity index (χ3n) is 4.17. The minimum Gasteiger partial charge on any atom is -0.379 e. The van der Waals surface area contributed by atoms with Crippen molar-refractivity contribution in [1.29, 1.82) is 0 Å². The van der Waals surface area contributed by atoms with Crippen molar-refractivity contribution in [2.75, 3.05) is 51.3 Å². The molecule has 0 aromatic carbocycles. The zero-order valence-electron chi connectivity index (χ0n) is 16.0. The van der Waals surface area contributed by atoms with Crippen molar-refractivity contribution in [2.45, 2.75) is 33.6 Å². The monoisotopic (exact) mass is 366 g/mol. The van der Waals surface area contributed by atoms with E-state index in [-0.39, 0.29) is 24.3 Å². The van der Waals surface area contributed by atoms with Gasteiger partial charge < -0.3 is 19.5 Å². The highest BCUT2D eigenvalue weighted by molar-refractivity contribution is 5.93. The first-order valence-electron chi connectivity index (χ1n) is 9.25. The molecule has 146 valence electrons. The first-order chi connectivity index (χ1) is 12.4. The molecule has 1 aliphatic rings. The average Bonchev–Trinajstić information content (AvgIpc) is 2.99. The van der Waals surface area contributed by atoms with Crippen molar-refractivity contribution in [3.05, 3.63) is 11.8 Å². The van der Waals surface area contributed by atoms with Gasteiger partial charge in [-0.15, -0.1) is 0 Å². The van der Waals surface area contributed by atoms with Gasteiger partial charge in [-0.05, 0) is 19.3 Å². The fraction of sp³-hybridized carbons (Fsp3) is 0.722. The SMILES string of the molecule is Cc1cc(NC(=O)CN(CCCN2CCOCC2)C(=O)CC(C)C)no1. The third-order valence-corrected chi connectivity index (χ3v) is 4.17. The number of nitrogens with one attached hydrogen (secondary N) is 1. The van der Waals surface area contributed by atoms with Crippen molar-refractivity contribution in [3.63, 3.8) is 0 Å². The predicted octanol–water partition coefficient (Wildman–Crippen LogP) is 1.52. The highest BCUT2D eigenvalue weighted by Gasteiger charge is 2.19. The summed E-state index contributed by atoms with van der Waals surface area (Å²) in [5.74, 6) is 0.997. The van der Waals surface area contributed by atoms with Gasteiger partial charge in [0.1, 0.15) is 5.76 Å². The molecule has 0 saturated carbocycles. The molecule has 0 aliphatic carbocycles. The van der Waals surface area contributed by atoms with Crippen LogP contribution in [0.15, 0.2) is 10.6 Å². The topological polar surface area (TPSA) is 87.9 Å². The van der Waals surface area contributed by atoms with Gasteiger partial charge in [0.15, 0.2) is 5.82 Å². The summed E-state index contributed by atoms with van der Waals surface area (Å²) in [6.45, 7) is 10.6. The minimum absolute atomic E-state index is 0.00783. The number of morpholine rings is 1. The van der Waals surface area contributed by atoms with Crippen molar-refractivity contribution in [1.82, 2.24) is 15.0 Å². The van der Waals surface area contributed by atoms with Crippen LogP contribution in [0.3, 0.4) is 0 Å². The van der Waals surface area contributed by atoms with Crippen LogP contribution in [0.1, 0.15) is 32.4 Å². The van der Waals surface area contributed by atoms with Crippen molar-refractivity contribution in [3.8, 4) is 0 Å². The maximum Gasteiger partial charge on any atom is 0.245 e. The van der Waals surface area contributed by atoms with Gasteiger partial charge in [-0.2, -0.15) is 0 Å². The fourth-order valence-corrected chi connectivity index (χ4v) is 2.86. The number of rotatable bonds is 9. The number of hydrogen-bond acceptors (Lipinski definition) is 6. The average molecular weight is 366 g/mol. The lowest BCUT2D eigenvalue weighted by Gasteiger charge is -2.28. The van der Waals surface area contributed by atoms with Crippen LogP contribution < -0.4 is 5.32 Å². The number of carbonyl (C=O) groups is 2. The Kier molecular flexibility index (Phi) is 8.06. The van der Waals surface area contributed by atoms with Gasteiger partial charge in [0.25, 0.3) is 0 Å². The Labute approximate surface area is 154 Å². The Morgan fingerprint density at radius 3 is 2.69 bits per heavy atom. The largest absolute Gasteiger partial charge is 0.379 e. The summed E-state index contributed by atoms with van der Waals surface area (Å²) in [4.78, 5) is 28.7. The van der Waals surface area contributed by atoms with Gasteiger partial charge in [0, 0.05) is 38.7 Å². The van der Waals surface area contributed by atoms with Crippen LogP contribution in [0, 0.1) is 12.8 Å². The molecular formula is C18H30N4O4. The molecule has 1 aromatic heterocycles. The predicted molar refractivity (Wildman–Crippen MR) is 97.8 cm³/mol. The van der Waals surface area contributed by atoms with E-state index in [1.165, 1.54) is 0 Å². The first kappa shape index (κ1) is 20.4. The van der Waals surface area contributed by atoms with Gasteiger partial charge >= 0.3 is 0 Å². The second-order valence-corrected chi connectivity index (χ2v) is 7.09. The lowest BCUT2D eigenvalue weighted by atomic mass is 10.1. The summed E-state index contributed by atoms with van der Waals surface area (Å²) in [6.07, 6.45) is 1.27. The van der Waals surface area contributed by atoms with E-state index in [0.717, 1.165) is 39.3 Å². The number of aryl methyl sites for hydroxylation is 1. The molecule has 1 aliphatic heterocycles. The number of hydrogen-bond donors (Lipinski definition) is 1. The minimum atomic E-state index is -0.262. The molecular weight excluding hydrogens is 336 g/mol. The smallest absolute Gasteiger partial charge is 0.245 e. The van der Waals surface area contributed by atoms with Gasteiger partial charge in [0.2, 0.25) is 11.8 Å².